The highest BCUT2D eigenvalue weighted by Gasteiger charge is 2.38. The lowest BCUT2D eigenvalue weighted by Gasteiger charge is -2.37. The van der Waals surface area contributed by atoms with E-state index in [1.165, 1.54) is 29.2 Å². The summed E-state index contributed by atoms with van der Waals surface area (Å²) >= 11 is 0. The molecule has 1 aromatic carbocycles. The van der Waals surface area contributed by atoms with Crippen molar-refractivity contribution in [2.45, 2.75) is 32.4 Å². The molecule has 3 rings (SSSR count). The number of carbonyl (C=O) groups excluding carboxylic acids is 2. The van der Waals surface area contributed by atoms with E-state index in [0.29, 0.717) is 38.2 Å². The average molecular weight is 427 g/mol. The first kappa shape index (κ1) is 21.7. The molecule has 0 aliphatic carbocycles. The van der Waals surface area contributed by atoms with Crippen LogP contribution in [0.4, 0.5) is 4.39 Å². The first-order chi connectivity index (χ1) is 13.7. The van der Waals surface area contributed by atoms with Crippen LogP contribution >= 0.6 is 0 Å². The number of sulfone groups is 1. The van der Waals surface area contributed by atoms with Crippen molar-refractivity contribution in [2.75, 3.05) is 37.7 Å². The lowest BCUT2D eigenvalue weighted by Crippen LogP contribution is -3.18. The minimum atomic E-state index is -2.91. The standard InChI is InChI=1S/C20H28FN3O4S/c1-14(2)18(22-19(25)15-3-5-16(21)6-4-15)20(26)24-10-8-23(9-11-24)17-7-12-29(27,28)13-17/h3-6,14,17-18H,7-13H2,1-2H3,(H,22,25)/p+1/t17-,18+/m1/s1. The van der Waals surface area contributed by atoms with E-state index in [2.05, 4.69) is 5.32 Å². The van der Waals surface area contributed by atoms with Crippen LogP contribution in [0.5, 0.6) is 0 Å². The van der Waals surface area contributed by atoms with E-state index in [-0.39, 0.29) is 29.4 Å². The van der Waals surface area contributed by atoms with Crippen molar-refractivity contribution in [3.63, 3.8) is 0 Å². The van der Waals surface area contributed by atoms with Crippen molar-refractivity contribution >= 4 is 21.7 Å². The largest absolute Gasteiger partial charge is 0.340 e. The zero-order valence-electron chi connectivity index (χ0n) is 16.9. The summed E-state index contributed by atoms with van der Waals surface area (Å²) in [5.41, 5.74) is 0.307. The molecule has 29 heavy (non-hydrogen) atoms. The third kappa shape index (κ3) is 5.33. The summed E-state index contributed by atoms with van der Waals surface area (Å²) in [7, 11) is -2.91. The third-order valence-corrected chi connectivity index (χ3v) is 7.62. The van der Waals surface area contributed by atoms with Crippen LogP contribution in [0.3, 0.4) is 0 Å². The fourth-order valence-corrected chi connectivity index (χ4v) is 5.90. The molecule has 2 N–H and O–H groups in total. The monoisotopic (exact) mass is 426 g/mol. The summed E-state index contributed by atoms with van der Waals surface area (Å²) in [6.45, 7) is 6.25. The number of carbonyl (C=O) groups is 2. The maximum Gasteiger partial charge on any atom is 0.251 e. The molecule has 0 bridgehead atoms. The van der Waals surface area contributed by atoms with Gasteiger partial charge in [0.25, 0.3) is 5.91 Å². The van der Waals surface area contributed by atoms with Gasteiger partial charge >= 0.3 is 0 Å². The third-order valence-electron chi connectivity index (χ3n) is 5.85. The van der Waals surface area contributed by atoms with E-state index in [4.69, 9.17) is 0 Å². The number of hydrogen-bond donors (Lipinski definition) is 2. The first-order valence-corrected chi connectivity index (χ1v) is 11.9. The van der Waals surface area contributed by atoms with Gasteiger partial charge in [0, 0.05) is 12.0 Å². The van der Waals surface area contributed by atoms with Crippen molar-refractivity contribution in [3.8, 4) is 0 Å². The Kier molecular flexibility index (Phi) is 6.58. The van der Waals surface area contributed by atoms with Crippen LogP contribution in [0.15, 0.2) is 24.3 Å². The van der Waals surface area contributed by atoms with E-state index in [0.717, 1.165) is 0 Å². The number of rotatable bonds is 5. The van der Waals surface area contributed by atoms with Gasteiger partial charge in [0.2, 0.25) is 5.91 Å². The molecule has 160 valence electrons. The van der Waals surface area contributed by atoms with Gasteiger partial charge in [-0.3, -0.25) is 9.59 Å². The van der Waals surface area contributed by atoms with Gasteiger partial charge in [0.15, 0.2) is 9.84 Å². The minimum Gasteiger partial charge on any atom is -0.340 e. The molecule has 2 aliphatic rings. The summed E-state index contributed by atoms with van der Waals surface area (Å²) in [4.78, 5) is 28.5. The van der Waals surface area contributed by atoms with Gasteiger partial charge in [-0.05, 0) is 30.2 Å². The molecule has 2 amide bonds. The Hall–Kier alpha value is -2.00. The van der Waals surface area contributed by atoms with E-state index in [1.54, 1.807) is 4.90 Å². The minimum absolute atomic E-state index is 0.0998. The van der Waals surface area contributed by atoms with Crippen molar-refractivity contribution in [2.24, 2.45) is 5.92 Å². The molecule has 9 heteroatoms. The second kappa shape index (κ2) is 8.79. The second-order valence-electron chi connectivity index (χ2n) is 8.29. The molecular formula is C20H29FN3O4S+. The van der Waals surface area contributed by atoms with Crippen molar-refractivity contribution in [1.29, 1.82) is 0 Å². The Morgan fingerprint density at radius 1 is 1.17 bits per heavy atom. The van der Waals surface area contributed by atoms with Crippen LogP contribution in [0, 0.1) is 11.7 Å². The summed E-state index contributed by atoms with van der Waals surface area (Å²) in [5, 5.41) is 2.79. The SMILES string of the molecule is CC(C)[C@H](NC(=O)c1ccc(F)cc1)C(=O)N1CC[NH+]([C@@H]2CCS(=O)(=O)C2)CC1. The Morgan fingerprint density at radius 2 is 1.79 bits per heavy atom. The first-order valence-electron chi connectivity index (χ1n) is 10.1. The van der Waals surface area contributed by atoms with Crippen LogP contribution in [-0.4, -0.2) is 74.9 Å². The fraction of sp³-hybridized carbons (Fsp3) is 0.600. The van der Waals surface area contributed by atoms with Gasteiger partial charge in [0.1, 0.15) is 23.7 Å². The summed E-state index contributed by atoms with van der Waals surface area (Å²) in [6.07, 6.45) is 0.688. The Bertz CT molecular complexity index is 849. The molecular weight excluding hydrogens is 397 g/mol. The highest BCUT2D eigenvalue weighted by molar-refractivity contribution is 7.91. The van der Waals surface area contributed by atoms with Gasteiger partial charge in [-0.1, -0.05) is 13.8 Å². The normalized spacial score (nSPS) is 23.2. The van der Waals surface area contributed by atoms with Gasteiger partial charge in [-0.15, -0.1) is 0 Å². The van der Waals surface area contributed by atoms with Crippen molar-refractivity contribution < 1.29 is 27.3 Å². The predicted molar refractivity (Wildman–Crippen MR) is 107 cm³/mol. The molecule has 7 nitrogen and oxygen atoms in total. The molecule has 2 atom stereocenters. The Labute approximate surface area is 171 Å². The van der Waals surface area contributed by atoms with E-state index >= 15 is 0 Å². The molecule has 2 aliphatic heterocycles. The van der Waals surface area contributed by atoms with Gasteiger partial charge < -0.3 is 15.1 Å². The number of amides is 2. The molecule has 2 fully saturated rings. The summed E-state index contributed by atoms with van der Waals surface area (Å²) in [6, 6.07) is 4.67. The van der Waals surface area contributed by atoms with E-state index in [9.17, 15) is 22.4 Å². The fourth-order valence-electron chi connectivity index (χ4n) is 4.08. The number of nitrogens with zero attached hydrogens (tertiary/aromatic N) is 1. The number of hydrogen-bond acceptors (Lipinski definition) is 4. The zero-order chi connectivity index (χ0) is 21.2. The topological polar surface area (TPSA) is 88.0 Å². The highest BCUT2D eigenvalue weighted by atomic mass is 32.2. The second-order valence-corrected chi connectivity index (χ2v) is 10.5. The van der Waals surface area contributed by atoms with Gasteiger partial charge in [0.05, 0.1) is 31.9 Å². The number of nitrogens with one attached hydrogen (secondary N) is 2. The number of piperazine rings is 1. The average Bonchev–Trinajstić information content (AvgIpc) is 3.05. The van der Waals surface area contributed by atoms with E-state index < -0.39 is 27.6 Å². The van der Waals surface area contributed by atoms with Crippen LogP contribution < -0.4 is 10.2 Å². The number of quaternary nitrogens is 1. The maximum absolute atomic E-state index is 13.1. The van der Waals surface area contributed by atoms with Crippen molar-refractivity contribution in [1.82, 2.24) is 10.2 Å². The zero-order valence-corrected chi connectivity index (χ0v) is 17.7. The quantitative estimate of drug-likeness (QED) is 0.664. The maximum atomic E-state index is 13.1. The van der Waals surface area contributed by atoms with E-state index in [1.807, 2.05) is 13.8 Å². The van der Waals surface area contributed by atoms with Crippen LogP contribution in [0.1, 0.15) is 30.6 Å². The summed E-state index contributed by atoms with van der Waals surface area (Å²) < 4.78 is 36.5. The molecule has 0 unspecified atom stereocenters. The Balaban J connectivity index is 1.58. The number of halogens is 1. The number of benzene rings is 1. The molecule has 0 saturated carbocycles. The van der Waals surface area contributed by atoms with Crippen LogP contribution in [-0.2, 0) is 14.6 Å². The molecule has 2 saturated heterocycles. The molecule has 0 aromatic heterocycles. The lowest BCUT2D eigenvalue weighted by atomic mass is 10.0. The predicted octanol–water partition coefficient (Wildman–Crippen LogP) is -0.506. The van der Waals surface area contributed by atoms with Crippen molar-refractivity contribution in [3.05, 3.63) is 35.6 Å². The van der Waals surface area contributed by atoms with Crippen LogP contribution in [0.2, 0.25) is 0 Å². The lowest BCUT2D eigenvalue weighted by molar-refractivity contribution is -0.925. The Morgan fingerprint density at radius 3 is 2.31 bits per heavy atom. The summed E-state index contributed by atoms with van der Waals surface area (Å²) in [5.74, 6) is -0.565. The molecule has 0 spiro atoms. The smallest absolute Gasteiger partial charge is 0.251 e. The highest BCUT2D eigenvalue weighted by Crippen LogP contribution is 2.12. The van der Waals surface area contributed by atoms with Crippen LogP contribution in [0.25, 0.3) is 0 Å². The van der Waals surface area contributed by atoms with Gasteiger partial charge in [-0.2, -0.15) is 0 Å². The van der Waals surface area contributed by atoms with Gasteiger partial charge in [-0.25, -0.2) is 12.8 Å². The molecule has 0 radical (unpaired) electrons. The molecule has 2 heterocycles. The molecule has 1 aromatic rings.